The molecule has 5 aliphatic rings. The van der Waals surface area contributed by atoms with E-state index in [4.69, 9.17) is 0 Å². The molecule has 2 bridgehead atoms. The van der Waals surface area contributed by atoms with Crippen molar-refractivity contribution < 1.29 is 29.4 Å². The lowest BCUT2D eigenvalue weighted by atomic mass is 9.54. The van der Waals surface area contributed by atoms with E-state index >= 15 is 0 Å². The van der Waals surface area contributed by atoms with E-state index in [0.717, 1.165) is 9.80 Å². The average molecular weight is 430 g/mol. The smallest absolute Gasteiger partial charge is 0.238 e. The van der Waals surface area contributed by atoms with Crippen molar-refractivity contribution in [1.82, 2.24) is 0 Å². The maximum absolute atomic E-state index is 13.4. The van der Waals surface area contributed by atoms with E-state index in [2.05, 4.69) is 0 Å². The van der Waals surface area contributed by atoms with Gasteiger partial charge in [-0.15, -0.1) is 0 Å². The van der Waals surface area contributed by atoms with Crippen LogP contribution >= 0.6 is 0 Å². The van der Waals surface area contributed by atoms with Crippen LogP contribution in [0.5, 0.6) is 11.5 Å². The average Bonchev–Trinajstić information content (AvgIpc) is 3.23. The van der Waals surface area contributed by atoms with Crippen LogP contribution in [-0.4, -0.2) is 33.8 Å². The molecule has 3 fully saturated rings. The van der Waals surface area contributed by atoms with Crippen molar-refractivity contribution in [2.75, 3.05) is 9.80 Å². The molecule has 0 spiro atoms. The summed E-state index contributed by atoms with van der Waals surface area (Å²) in [5, 5.41) is 19.1. The molecule has 32 heavy (non-hydrogen) atoms. The van der Waals surface area contributed by atoms with Gasteiger partial charge in [0, 0.05) is 11.8 Å². The van der Waals surface area contributed by atoms with Gasteiger partial charge in [0.25, 0.3) is 0 Å². The second-order valence-electron chi connectivity index (χ2n) is 8.70. The van der Waals surface area contributed by atoms with Crippen molar-refractivity contribution in [3.8, 4) is 11.5 Å². The van der Waals surface area contributed by atoms with Crippen molar-refractivity contribution in [3.63, 3.8) is 0 Å². The van der Waals surface area contributed by atoms with Crippen LogP contribution in [0.4, 0.5) is 11.4 Å². The predicted octanol–water partition coefficient (Wildman–Crippen LogP) is 1.82. The summed E-state index contributed by atoms with van der Waals surface area (Å²) in [5.41, 5.74) is 0.722. The zero-order valence-corrected chi connectivity index (χ0v) is 16.7. The van der Waals surface area contributed by atoms with E-state index in [9.17, 15) is 29.4 Å². The Labute approximate surface area is 182 Å². The standard InChI is InChI=1S/C24H18N2O6/c27-13-5-1-11(2-6-13)25-21(29)17-15-9-10-16(18(17)22(25)30)20-19(15)23(31)26(24(20)32)12-3-7-14(28)8-4-12/h1-10,15-20,27-28H/t15?,16?,17-,18+,19+,20-. The maximum atomic E-state index is 13.4. The molecule has 2 heterocycles. The van der Waals surface area contributed by atoms with Crippen molar-refractivity contribution >= 4 is 35.0 Å². The first-order valence-electron chi connectivity index (χ1n) is 10.4. The van der Waals surface area contributed by atoms with E-state index < -0.39 is 35.5 Å². The van der Waals surface area contributed by atoms with Gasteiger partial charge in [-0.2, -0.15) is 0 Å². The molecule has 7 rings (SSSR count). The van der Waals surface area contributed by atoms with Crippen LogP contribution in [0.25, 0.3) is 0 Å². The van der Waals surface area contributed by atoms with Gasteiger partial charge >= 0.3 is 0 Å². The number of hydrogen-bond donors (Lipinski definition) is 2. The number of imide groups is 2. The van der Waals surface area contributed by atoms with Crippen molar-refractivity contribution in [1.29, 1.82) is 0 Å². The number of amides is 4. The van der Waals surface area contributed by atoms with Crippen LogP contribution in [0.1, 0.15) is 0 Å². The lowest BCUT2D eigenvalue weighted by Gasteiger charge is -2.44. The number of phenols is 2. The van der Waals surface area contributed by atoms with Gasteiger partial charge in [-0.25, -0.2) is 0 Å². The number of allylic oxidation sites excluding steroid dienone is 2. The Morgan fingerprint density at radius 2 is 0.781 bits per heavy atom. The van der Waals surface area contributed by atoms with Crippen LogP contribution < -0.4 is 9.80 Å². The van der Waals surface area contributed by atoms with Crippen molar-refractivity contribution in [3.05, 3.63) is 60.7 Å². The minimum Gasteiger partial charge on any atom is -0.508 e. The summed E-state index contributed by atoms with van der Waals surface area (Å²) in [6.45, 7) is 0. The molecule has 160 valence electrons. The maximum Gasteiger partial charge on any atom is 0.238 e. The highest BCUT2D eigenvalue weighted by Crippen LogP contribution is 2.58. The zero-order valence-electron chi connectivity index (χ0n) is 16.7. The van der Waals surface area contributed by atoms with E-state index in [1.165, 1.54) is 48.5 Å². The Hall–Kier alpha value is -3.94. The van der Waals surface area contributed by atoms with Crippen molar-refractivity contribution in [2.45, 2.75) is 0 Å². The molecule has 2 unspecified atom stereocenters. The molecule has 8 heteroatoms. The van der Waals surface area contributed by atoms with E-state index in [-0.39, 0.29) is 35.1 Å². The predicted molar refractivity (Wildman–Crippen MR) is 111 cm³/mol. The minimum atomic E-state index is -0.705. The molecule has 8 nitrogen and oxygen atoms in total. The number of aromatic hydroxyl groups is 2. The molecule has 0 aromatic heterocycles. The van der Waals surface area contributed by atoms with Gasteiger partial charge in [-0.05, 0) is 48.5 Å². The molecule has 2 saturated heterocycles. The topological polar surface area (TPSA) is 115 Å². The summed E-state index contributed by atoms with van der Waals surface area (Å²) in [4.78, 5) is 55.7. The molecule has 3 aliphatic carbocycles. The zero-order chi connectivity index (χ0) is 22.3. The van der Waals surface area contributed by atoms with Crippen LogP contribution in [0.3, 0.4) is 0 Å². The fraction of sp³-hybridized carbons (Fsp3) is 0.250. The highest BCUT2D eigenvalue weighted by molar-refractivity contribution is 6.26. The van der Waals surface area contributed by atoms with Gasteiger partial charge in [-0.1, -0.05) is 12.2 Å². The monoisotopic (exact) mass is 430 g/mol. The second-order valence-corrected chi connectivity index (χ2v) is 8.70. The molecule has 1 saturated carbocycles. The van der Waals surface area contributed by atoms with E-state index in [0.29, 0.717) is 11.4 Å². The summed E-state index contributed by atoms with van der Waals surface area (Å²) < 4.78 is 0. The third-order valence-corrected chi connectivity index (χ3v) is 7.23. The lowest BCUT2D eigenvalue weighted by molar-refractivity contribution is -0.137. The highest BCUT2D eigenvalue weighted by atomic mass is 16.3. The Morgan fingerprint density at radius 3 is 1.06 bits per heavy atom. The van der Waals surface area contributed by atoms with Crippen LogP contribution in [0, 0.1) is 35.5 Å². The molecular formula is C24H18N2O6. The third kappa shape index (κ3) is 2.26. The number of hydrogen-bond acceptors (Lipinski definition) is 6. The summed E-state index contributed by atoms with van der Waals surface area (Å²) in [5.74, 6) is -5.41. The summed E-state index contributed by atoms with van der Waals surface area (Å²) >= 11 is 0. The Balaban J connectivity index is 1.39. The van der Waals surface area contributed by atoms with Crippen LogP contribution in [0.15, 0.2) is 60.7 Å². The van der Waals surface area contributed by atoms with Gasteiger partial charge in [0.1, 0.15) is 11.5 Å². The first-order chi connectivity index (χ1) is 15.4. The molecule has 2 aromatic carbocycles. The summed E-state index contributed by atoms with van der Waals surface area (Å²) in [7, 11) is 0. The van der Waals surface area contributed by atoms with Crippen LogP contribution in [-0.2, 0) is 19.2 Å². The Bertz CT molecular complexity index is 1080. The summed E-state index contributed by atoms with van der Waals surface area (Å²) in [6, 6.07) is 11.6. The number of anilines is 2. The van der Waals surface area contributed by atoms with Gasteiger partial charge in [-0.3, -0.25) is 29.0 Å². The first-order valence-corrected chi connectivity index (χ1v) is 10.4. The molecule has 6 atom stereocenters. The normalized spacial score (nSPS) is 32.6. The number of phenolic OH excluding ortho intramolecular Hbond substituents is 2. The van der Waals surface area contributed by atoms with Gasteiger partial charge < -0.3 is 10.2 Å². The molecule has 4 amide bonds. The fourth-order valence-corrected chi connectivity index (χ4v) is 5.94. The summed E-state index contributed by atoms with van der Waals surface area (Å²) in [6.07, 6.45) is 3.62. The number of nitrogens with zero attached hydrogens (tertiary/aromatic N) is 2. The van der Waals surface area contributed by atoms with Crippen LogP contribution in [0.2, 0.25) is 0 Å². The first kappa shape index (κ1) is 18.8. The Morgan fingerprint density at radius 1 is 0.500 bits per heavy atom. The number of carbonyl (C=O) groups excluding carboxylic acids is 4. The number of benzene rings is 2. The molecule has 2 aromatic rings. The molecule has 2 N–H and O–H groups in total. The largest absolute Gasteiger partial charge is 0.508 e. The number of carbonyl (C=O) groups is 4. The highest BCUT2D eigenvalue weighted by Gasteiger charge is 2.68. The van der Waals surface area contributed by atoms with E-state index in [1.807, 2.05) is 12.2 Å². The van der Waals surface area contributed by atoms with Crippen molar-refractivity contribution in [2.24, 2.45) is 35.5 Å². The molecule has 0 radical (unpaired) electrons. The SMILES string of the molecule is O=C1[C@@H]2C3C=CC([C@H]4C(=O)N(c5ccc(O)cc5)C(=O)[C@@H]34)[C@@H]2C(=O)N1c1ccc(O)cc1. The Kier molecular flexibility index (Phi) is 3.69. The third-order valence-electron chi connectivity index (χ3n) is 7.23. The van der Waals surface area contributed by atoms with Gasteiger partial charge in [0.15, 0.2) is 0 Å². The molecule has 2 aliphatic heterocycles. The molecular weight excluding hydrogens is 412 g/mol. The quantitative estimate of drug-likeness (QED) is 0.555. The number of rotatable bonds is 2. The lowest BCUT2D eigenvalue weighted by Crippen LogP contribution is -2.50. The second kappa shape index (κ2) is 6.29. The fourth-order valence-electron chi connectivity index (χ4n) is 5.94. The van der Waals surface area contributed by atoms with E-state index in [1.54, 1.807) is 0 Å². The van der Waals surface area contributed by atoms with Gasteiger partial charge in [0.05, 0.1) is 35.0 Å². The minimum absolute atomic E-state index is 0.0204. The van der Waals surface area contributed by atoms with Gasteiger partial charge in [0.2, 0.25) is 23.6 Å².